The first-order valence-corrected chi connectivity index (χ1v) is 11.2. The average molecular weight is 437 g/mol. The maximum Gasteiger partial charge on any atom is 0.279 e. The van der Waals surface area contributed by atoms with Crippen LogP contribution in [0.5, 0.6) is 0 Å². The number of hydrogen-bond acceptors (Lipinski definition) is 8. The van der Waals surface area contributed by atoms with Gasteiger partial charge < -0.3 is 16.0 Å². The molecule has 1 saturated carbocycles. The van der Waals surface area contributed by atoms with Crippen molar-refractivity contribution in [3.63, 3.8) is 0 Å². The fourth-order valence-electron chi connectivity index (χ4n) is 4.48. The molecule has 3 aromatic heterocycles. The lowest BCUT2D eigenvalue weighted by atomic mass is 9.91. The number of nitrogens with zero attached hydrogens (tertiary/aromatic N) is 6. The highest BCUT2D eigenvalue weighted by Gasteiger charge is 2.24. The van der Waals surface area contributed by atoms with Gasteiger partial charge in [0.2, 0.25) is 5.95 Å². The SMILES string of the molecule is Cc1nc(N)ccc1-c1nc2cnc(NC3CCC(N(C)C)CC3)nc2n(C(C)C)c1=O. The summed E-state index contributed by atoms with van der Waals surface area (Å²) in [7, 11) is 4.28. The van der Waals surface area contributed by atoms with Gasteiger partial charge in [-0.2, -0.15) is 4.98 Å². The van der Waals surface area contributed by atoms with E-state index in [-0.39, 0.29) is 11.6 Å². The Balaban J connectivity index is 1.71. The normalized spacial score (nSPS) is 19.1. The van der Waals surface area contributed by atoms with E-state index in [1.165, 1.54) is 0 Å². The molecule has 3 heterocycles. The van der Waals surface area contributed by atoms with Crippen LogP contribution in [0.3, 0.4) is 0 Å². The smallest absolute Gasteiger partial charge is 0.279 e. The van der Waals surface area contributed by atoms with Gasteiger partial charge in [0.05, 0.1) is 6.20 Å². The Morgan fingerprint density at radius 2 is 1.84 bits per heavy atom. The van der Waals surface area contributed by atoms with Crippen molar-refractivity contribution in [2.75, 3.05) is 25.1 Å². The fourth-order valence-corrected chi connectivity index (χ4v) is 4.48. The number of nitrogens with one attached hydrogen (secondary N) is 1. The molecule has 3 aromatic rings. The molecule has 0 spiro atoms. The fraction of sp³-hybridized carbons (Fsp3) is 0.522. The van der Waals surface area contributed by atoms with Crippen LogP contribution < -0.4 is 16.6 Å². The van der Waals surface area contributed by atoms with E-state index in [0.717, 1.165) is 25.7 Å². The molecule has 1 aliphatic carbocycles. The lowest BCUT2D eigenvalue weighted by molar-refractivity contribution is 0.221. The van der Waals surface area contributed by atoms with Crippen LogP contribution in [0.15, 0.2) is 23.1 Å². The van der Waals surface area contributed by atoms with Crippen LogP contribution in [-0.2, 0) is 0 Å². The largest absolute Gasteiger partial charge is 0.384 e. The monoisotopic (exact) mass is 436 g/mol. The molecular weight excluding hydrogens is 404 g/mol. The van der Waals surface area contributed by atoms with Crippen molar-refractivity contribution >= 4 is 22.9 Å². The van der Waals surface area contributed by atoms with E-state index in [4.69, 9.17) is 10.7 Å². The lowest BCUT2D eigenvalue weighted by Gasteiger charge is -2.32. The lowest BCUT2D eigenvalue weighted by Crippen LogP contribution is -2.36. The van der Waals surface area contributed by atoms with Gasteiger partial charge in [0, 0.05) is 29.4 Å². The van der Waals surface area contributed by atoms with Gasteiger partial charge in [-0.25, -0.2) is 15.0 Å². The highest BCUT2D eigenvalue weighted by Crippen LogP contribution is 2.25. The molecule has 32 heavy (non-hydrogen) atoms. The van der Waals surface area contributed by atoms with Crippen LogP contribution in [0.2, 0.25) is 0 Å². The molecule has 3 N–H and O–H groups in total. The first kappa shape index (κ1) is 22.1. The Morgan fingerprint density at radius 1 is 1.12 bits per heavy atom. The predicted molar refractivity (Wildman–Crippen MR) is 128 cm³/mol. The van der Waals surface area contributed by atoms with Crippen molar-refractivity contribution in [3.8, 4) is 11.3 Å². The highest BCUT2D eigenvalue weighted by atomic mass is 16.1. The van der Waals surface area contributed by atoms with Crippen LogP contribution in [-0.4, -0.2) is 55.6 Å². The molecular formula is C23H32N8O. The summed E-state index contributed by atoms with van der Waals surface area (Å²) in [5, 5.41) is 3.47. The van der Waals surface area contributed by atoms with Gasteiger partial charge in [0.1, 0.15) is 17.0 Å². The molecule has 170 valence electrons. The molecule has 0 aromatic carbocycles. The minimum absolute atomic E-state index is 0.0907. The molecule has 0 amide bonds. The average Bonchev–Trinajstić information content (AvgIpc) is 2.74. The van der Waals surface area contributed by atoms with Crippen molar-refractivity contribution in [2.45, 2.75) is 64.6 Å². The molecule has 9 nitrogen and oxygen atoms in total. The van der Waals surface area contributed by atoms with Crippen molar-refractivity contribution in [2.24, 2.45) is 0 Å². The number of nitrogens with two attached hydrogens (primary N) is 1. The van der Waals surface area contributed by atoms with E-state index in [0.29, 0.717) is 52.0 Å². The van der Waals surface area contributed by atoms with Gasteiger partial charge in [0.25, 0.3) is 5.56 Å². The molecule has 9 heteroatoms. The van der Waals surface area contributed by atoms with E-state index < -0.39 is 0 Å². The zero-order valence-electron chi connectivity index (χ0n) is 19.5. The molecule has 4 rings (SSSR count). The number of nitrogen functional groups attached to an aromatic ring is 1. The standard InChI is InChI=1S/C23H32N8O/c1-13(2)31-21-18(28-20(22(31)32)17-10-11-19(24)26-14(17)3)12-25-23(29-21)27-15-6-8-16(9-7-15)30(4)5/h10-13,15-16H,6-9H2,1-5H3,(H2,24,26)(H,25,27,29). The van der Waals surface area contributed by atoms with Crippen LogP contribution >= 0.6 is 0 Å². The number of aryl methyl sites for hydroxylation is 1. The van der Waals surface area contributed by atoms with Gasteiger partial charge in [0.15, 0.2) is 5.65 Å². The summed E-state index contributed by atoms with van der Waals surface area (Å²) in [4.78, 5) is 33.8. The van der Waals surface area contributed by atoms with E-state index in [9.17, 15) is 4.79 Å². The van der Waals surface area contributed by atoms with Crippen molar-refractivity contribution in [3.05, 3.63) is 34.4 Å². The van der Waals surface area contributed by atoms with Crippen molar-refractivity contribution in [1.29, 1.82) is 0 Å². The molecule has 1 aliphatic rings. The molecule has 0 saturated heterocycles. The Morgan fingerprint density at radius 3 is 2.47 bits per heavy atom. The molecule has 0 bridgehead atoms. The van der Waals surface area contributed by atoms with Gasteiger partial charge in [-0.05, 0) is 72.7 Å². The zero-order chi connectivity index (χ0) is 23.0. The van der Waals surface area contributed by atoms with Crippen LogP contribution in [0, 0.1) is 6.92 Å². The van der Waals surface area contributed by atoms with E-state index in [2.05, 4.69) is 39.3 Å². The molecule has 1 fully saturated rings. The summed E-state index contributed by atoms with van der Waals surface area (Å²) in [5.74, 6) is 0.953. The Labute approximate surface area is 188 Å². The maximum absolute atomic E-state index is 13.4. The minimum atomic E-state index is -0.196. The van der Waals surface area contributed by atoms with Crippen LogP contribution in [0.4, 0.5) is 11.8 Å². The van der Waals surface area contributed by atoms with Gasteiger partial charge in [-0.1, -0.05) is 0 Å². The summed E-state index contributed by atoms with van der Waals surface area (Å²) >= 11 is 0. The second kappa shape index (κ2) is 8.82. The van der Waals surface area contributed by atoms with Gasteiger partial charge in [-0.3, -0.25) is 9.36 Å². The molecule has 0 radical (unpaired) electrons. The van der Waals surface area contributed by atoms with E-state index in [1.807, 2.05) is 20.8 Å². The maximum atomic E-state index is 13.4. The van der Waals surface area contributed by atoms with Crippen LogP contribution in [0.1, 0.15) is 51.3 Å². The third-order valence-corrected chi connectivity index (χ3v) is 6.27. The number of aromatic nitrogens is 5. The Bertz CT molecular complexity index is 1180. The quantitative estimate of drug-likeness (QED) is 0.627. The number of rotatable bonds is 5. The van der Waals surface area contributed by atoms with Gasteiger partial charge >= 0.3 is 0 Å². The summed E-state index contributed by atoms with van der Waals surface area (Å²) in [5.41, 5.74) is 8.37. The second-order valence-electron chi connectivity index (χ2n) is 9.11. The topological polar surface area (TPSA) is 115 Å². The zero-order valence-corrected chi connectivity index (χ0v) is 19.5. The predicted octanol–water partition coefficient (Wildman–Crippen LogP) is 3.00. The third kappa shape index (κ3) is 4.29. The first-order chi connectivity index (χ1) is 15.2. The molecule has 0 unspecified atom stereocenters. The molecule has 0 aliphatic heterocycles. The van der Waals surface area contributed by atoms with Crippen molar-refractivity contribution in [1.82, 2.24) is 29.4 Å². The van der Waals surface area contributed by atoms with Gasteiger partial charge in [-0.15, -0.1) is 0 Å². The second-order valence-corrected chi connectivity index (χ2v) is 9.11. The number of pyridine rings is 1. The summed E-state index contributed by atoms with van der Waals surface area (Å²) in [6.45, 7) is 5.76. The minimum Gasteiger partial charge on any atom is -0.384 e. The van der Waals surface area contributed by atoms with Crippen LogP contribution in [0.25, 0.3) is 22.4 Å². The molecule has 0 atom stereocenters. The highest BCUT2D eigenvalue weighted by molar-refractivity contribution is 5.75. The third-order valence-electron chi connectivity index (χ3n) is 6.27. The Hall–Kier alpha value is -3.07. The summed E-state index contributed by atoms with van der Waals surface area (Å²) < 4.78 is 1.68. The summed E-state index contributed by atoms with van der Waals surface area (Å²) in [6.07, 6.45) is 6.13. The Kier molecular flexibility index (Phi) is 6.10. The number of fused-ring (bicyclic) bond motifs is 1. The number of hydrogen-bond donors (Lipinski definition) is 2. The van der Waals surface area contributed by atoms with E-state index in [1.54, 1.807) is 22.9 Å². The number of anilines is 2. The summed E-state index contributed by atoms with van der Waals surface area (Å²) in [6, 6.07) is 4.34. The van der Waals surface area contributed by atoms with E-state index >= 15 is 0 Å². The first-order valence-electron chi connectivity index (χ1n) is 11.2. The van der Waals surface area contributed by atoms with Crippen molar-refractivity contribution < 1.29 is 0 Å².